The second-order valence-electron chi connectivity index (χ2n) is 3.89. The van der Waals surface area contributed by atoms with Crippen LogP contribution in [0.4, 0.5) is 5.69 Å². The molecule has 1 aliphatic heterocycles. The molecule has 0 saturated carbocycles. The number of allylic oxidation sites excluding steroid dienone is 1. The van der Waals surface area contributed by atoms with Gasteiger partial charge in [-0.1, -0.05) is 37.6 Å². The van der Waals surface area contributed by atoms with Crippen LogP contribution in [0.3, 0.4) is 0 Å². The van der Waals surface area contributed by atoms with Crippen LogP contribution in [0.2, 0.25) is 0 Å². The van der Waals surface area contributed by atoms with E-state index in [-0.39, 0.29) is 0 Å². The Morgan fingerprint density at radius 1 is 1.36 bits per heavy atom. The van der Waals surface area contributed by atoms with Crippen LogP contribution < -0.4 is 4.90 Å². The number of benzene rings is 1. The topological polar surface area (TPSA) is 3.24 Å². The fourth-order valence-corrected chi connectivity index (χ4v) is 2.00. The monoisotopic (exact) mass is 187 g/mol. The summed E-state index contributed by atoms with van der Waals surface area (Å²) in [6.45, 7) is 3.29. The average Bonchev–Trinajstić information content (AvgIpc) is 2.54. The molecule has 1 aromatic carbocycles. The minimum atomic E-state index is 1.07. The molecular formula is C13H17N. The van der Waals surface area contributed by atoms with Crippen LogP contribution in [0.15, 0.2) is 30.3 Å². The highest BCUT2D eigenvalue weighted by atomic mass is 15.1. The summed E-state index contributed by atoms with van der Waals surface area (Å²) in [6, 6.07) is 8.65. The van der Waals surface area contributed by atoms with Gasteiger partial charge in [0, 0.05) is 24.8 Å². The SMILES string of the molecule is CCC/C=C1\CN(C)c2ccccc21. The van der Waals surface area contributed by atoms with Gasteiger partial charge in [0.05, 0.1) is 0 Å². The number of anilines is 1. The normalized spacial score (nSPS) is 17.6. The first kappa shape index (κ1) is 9.32. The Kier molecular flexibility index (Phi) is 2.58. The van der Waals surface area contributed by atoms with Crippen molar-refractivity contribution >= 4 is 11.3 Å². The van der Waals surface area contributed by atoms with Crippen LogP contribution in [-0.4, -0.2) is 13.6 Å². The predicted octanol–water partition coefficient (Wildman–Crippen LogP) is 3.32. The van der Waals surface area contributed by atoms with Crippen LogP contribution in [0.25, 0.3) is 5.57 Å². The second kappa shape index (κ2) is 3.87. The largest absolute Gasteiger partial charge is 0.370 e. The summed E-state index contributed by atoms with van der Waals surface area (Å²) in [5, 5.41) is 0. The van der Waals surface area contributed by atoms with Crippen molar-refractivity contribution in [1.82, 2.24) is 0 Å². The zero-order valence-electron chi connectivity index (χ0n) is 8.96. The Labute approximate surface area is 86.1 Å². The van der Waals surface area contributed by atoms with Crippen LogP contribution in [-0.2, 0) is 0 Å². The van der Waals surface area contributed by atoms with Crippen LogP contribution >= 0.6 is 0 Å². The molecule has 0 bridgehead atoms. The maximum atomic E-state index is 2.38. The van der Waals surface area contributed by atoms with Gasteiger partial charge in [-0.2, -0.15) is 0 Å². The highest BCUT2D eigenvalue weighted by molar-refractivity contribution is 5.85. The molecule has 74 valence electrons. The fourth-order valence-electron chi connectivity index (χ4n) is 2.00. The van der Waals surface area contributed by atoms with Crippen molar-refractivity contribution in [2.24, 2.45) is 0 Å². The second-order valence-corrected chi connectivity index (χ2v) is 3.89. The van der Waals surface area contributed by atoms with Gasteiger partial charge in [0.25, 0.3) is 0 Å². The summed E-state index contributed by atoms with van der Waals surface area (Å²) < 4.78 is 0. The molecule has 0 aliphatic carbocycles. The van der Waals surface area contributed by atoms with Gasteiger partial charge >= 0.3 is 0 Å². The molecule has 1 heterocycles. The number of nitrogens with zero attached hydrogens (tertiary/aromatic N) is 1. The molecule has 1 aliphatic rings. The van der Waals surface area contributed by atoms with Crippen LogP contribution in [0.1, 0.15) is 25.3 Å². The predicted molar refractivity (Wildman–Crippen MR) is 62.6 cm³/mol. The molecule has 0 aromatic heterocycles. The van der Waals surface area contributed by atoms with Gasteiger partial charge in [-0.25, -0.2) is 0 Å². The molecule has 2 rings (SSSR count). The lowest BCUT2D eigenvalue weighted by Crippen LogP contribution is -2.12. The lowest BCUT2D eigenvalue weighted by molar-refractivity contribution is 0.956. The van der Waals surface area contributed by atoms with E-state index in [0.29, 0.717) is 0 Å². The highest BCUT2D eigenvalue weighted by Gasteiger charge is 2.18. The maximum Gasteiger partial charge on any atom is 0.0443 e. The first-order chi connectivity index (χ1) is 6.83. The summed E-state index contributed by atoms with van der Waals surface area (Å²) in [5.41, 5.74) is 4.28. The summed E-state index contributed by atoms with van der Waals surface area (Å²) >= 11 is 0. The number of hydrogen-bond acceptors (Lipinski definition) is 1. The van der Waals surface area contributed by atoms with E-state index >= 15 is 0 Å². The van der Waals surface area contributed by atoms with Gasteiger partial charge in [0.1, 0.15) is 0 Å². The Hall–Kier alpha value is -1.24. The van der Waals surface area contributed by atoms with E-state index in [1.165, 1.54) is 29.7 Å². The van der Waals surface area contributed by atoms with Gasteiger partial charge in [0.2, 0.25) is 0 Å². The third-order valence-corrected chi connectivity index (χ3v) is 2.75. The molecule has 0 unspecified atom stereocenters. The Morgan fingerprint density at radius 3 is 2.93 bits per heavy atom. The van der Waals surface area contributed by atoms with E-state index < -0.39 is 0 Å². The van der Waals surface area contributed by atoms with Crippen molar-refractivity contribution in [3.63, 3.8) is 0 Å². The third kappa shape index (κ3) is 1.54. The Bertz CT molecular complexity index is 352. The molecule has 0 radical (unpaired) electrons. The van der Waals surface area contributed by atoms with Crippen molar-refractivity contribution in [3.8, 4) is 0 Å². The summed E-state index contributed by atoms with van der Waals surface area (Å²) in [6.07, 6.45) is 4.80. The van der Waals surface area contributed by atoms with Crippen LogP contribution in [0, 0.1) is 0 Å². The lowest BCUT2D eigenvalue weighted by atomic mass is 10.1. The molecule has 1 aromatic rings. The molecule has 0 atom stereocenters. The number of para-hydroxylation sites is 1. The van der Waals surface area contributed by atoms with Gasteiger partial charge in [-0.05, 0) is 18.1 Å². The smallest absolute Gasteiger partial charge is 0.0443 e. The van der Waals surface area contributed by atoms with E-state index in [9.17, 15) is 0 Å². The van der Waals surface area contributed by atoms with Crippen molar-refractivity contribution < 1.29 is 0 Å². The van der Waals surface area contributed by atoms with Crippen molar-refractivity contribution in [2.45, 2.75) is 19.8 Å². The standard InChI is InChI=1S/C13H17N/c1-3-4-7-11-10-14(2)13-9-6-5-8-12(11)13/h5-9H,3-4,10H2,1-2H3/b11-7+. The molecule has 0 spiro atoms. The number of unbranched alkanes of at least 4 members (excludes halogenated alkanes) is 1. The number of likely N-dealkylation sites (N-methyl/N-ethyl adjacent to an activating group) is 1. The Morgan fingerprint density at radius 2 is 2.14 bits per heavy atom. The van der Waals surface area contributed by atoms with Gasteiger partial charge in [-0.3, -0.25) is 0 Å². The van der Waals surface area contributed by atoms with Crippen LogP contribution in [0.5, 0.6) is 0 Å². The van der Waals surface area contributed by atoms with Gasteiger partial charge in [-0.15, -0.1) is 0 Å². The summed E-state index contributed by atoms with van der Waals surface area (Å²) in [7, 11) is 2.16. The van der Waals surface area contributed by atoms with Gasteiger partial charge < -0.3 is 4.90 Å². The number of hydrogen-bond donors (Lipinski definition) is 0. The zero-order chi connectivity index (χ0) is 9.97. The minimum Gasteiger partial charge on any atom is -0.370 e. The van der Waals surface area contributed by atoms with Gasteiger partial charge in [0.15, 0.2) is 0 Å². The molecule has 1 nitrogen and oxygen atoms in total. The number of fused-ring (bicyclic) bond motifs is 1. The van der Waals surface area contributed by atoms with Crippen molar-refractivity contribution in [1.29, 1.82) is 0 Å². The van der Waals surface area contributed by atoms with Crippen molar-refractivity contribution in [2.75, 3.05) is 18.5 Å². The molecule has 0 fully saturated rings. The number of rotatable bonds is 2. The summed E-state index contributed by atoms with van der Waals surface area (Å²) in [4.78, 5) is 2.32. The van der Waals surface area contributed by atoms with Crippen molar-refractivity contribution in [3.05, 3.63) is 35.9 Å². The first-order valence-electron chi connectivity index (χ1n) is 5.32. The fraction of sp³-hybridized carbons (Fsp3) is 0.385. The van der Waals surface area contributed by atoms with E-state index in [0.717, 1.165) is 6.54 Å². The lowest BCUT2D eigenvalue weighted by Gasteiger charge is -2.09. The van der Waals surface area contributed by atoms with E-state index in [1.54, 1.807) is 0 Å². The molecule has 0 amide bonds. The van der Waals surface area contributed by atoms with E-state index in [4.69, 9.17) is 0 Å². The molecular weight excluding hydrogens is 170 g/mol. The molecule has 14 heavy (non-hydrogen) atoms. The third-order valence-electron chi connectivity index (χ3n) is 2.75. The quantitative estimate of drug-likeness (QED) is 0.686. The Balaban J connectivity index is 2.34. The minimum absolute atomic E-state index is 1.07. The highest BCUT2D eigenvalue weighted by Crippen LogP contribution is 2.34. The molecule has 0 saturated heterocycles. The maximum absolute atomic E-state index is 2.38. The van der Waals surface area contributed by atoms with E-state index in [1.807, 2.05) is 0 Å². The molecule has 1 heteroatoms. The average molecular weight is 187 g/mol. The zero-order valence-corrected chi connectivity index (χ0v) is 8.96. The first-order valence-corrected chi connectivity index (χ1v) is 5.32. The summed E-state index contributed by atoms with van der Waals surface area (Å²) in [5.74, 6) is 0. The van der Waals surface area contributed by atoms with E-state index in [2.05, 4.69) is 49.2 Å². The molecule has 0 N–H and O–H groups in total.